The van der Waals surface area contributed by atoms with Crippen molar-refractivity contribution in [1.82, 2.24) is 0 Å². The summed E-state index contributed by atoms with van der Waals surface area (Å²) in [6, 6.07) is 13.8. The fraction of sp³-hybridized carbons (Fsp3) is 0.364. The summed E-state index contributed by atoms with van der Waals surface area (Å²) in [5, 5.41) is 11.8. The second-order valence-electron chi connectivity index (χ2n) is 7.25. The molecule has 1 heterocycles. The van der Waals surface area contributed by atoms with E-state index < -0.39 is 6.10 Å². The highest BCUT2D eigenvalue weighted by molar-refractivity contribution is 5.87. The number of furan rings is 1. The Morgan fingerprint density at radius 2 is 1.60 bits per heavy atom. The van der Waals surface area contributed by atoms with E-state index >= 15 is 0 Å². The van der Waals surface area contributed by atoms with E-state index in [2.05, 4.69) is 33.8 Å². The minimum Gasteiger partial charge on any atom is -0.458 e. The van der Waals surface area contributed by atoms with Crippen LogP contribution in [0.4, 0.5) is 0 Å². The van der Waals surface area contributed by atoms with Gasteiger partial charge in [0.15, 0.2) is 0 Å². The summed E-state index contributed by atoms with van der Waals surface area (Å²) < 4.78 is 6.15. The Hall–Kier alpha value is -2.10. The van der Waals surface area contributed by atoms with Crippen molar-refractivity contribution in [3.05, 3.63) is 70.5 Å². The van der Waals surface area contributed by atoms with Gasteiger partial charge in [-0.25, -0.2) is 0 Å². The molecule has 3 rings (SSSR count). The van der Waals surface area contributed by atoms with Crippen molar-refractivity contribution >= 4 is 11.0 Å². The van der Waals surface area contributed by atoms with Gasteiger partial charge in [0.25, 0.3) is 0 Å². The Balaban J connectivity index is 2.23. The van der Waals surface area contributed by atoms with E-state index in [9.17, 15) is 5.11 Å². The summed E-state index contributed by atoms with van der Waals surface area (Å²) in [6.07, 6.45) is -0.776. The molecule has 1 aromatic heterocycles. The van der Waals surface area contributed by atoms with E-state index in [4.69, 9.17) is 10.2 Å². The molecule has 3 N–H and O–H groups in total. The first-order valence-electron chi connectivity index (χ1n) is 8.96. The molecular formula is C22H27NO2. The molecule has 0 spiro atoms. The molecule has 0 aliphatic rings. The maximum atomic E-state index is 10.7. The lowest BCUT2D eigenvalue weighted by Gasteiger charge is -2.16. The van der Waals surface area contributed by atoms with E-state index in [1.54, 1.807) is 0 Å². The van der Waals surface area contributed by atoms with Crippen LogP contribution in [0.25, 0.3) is 11.0 Å². The highest BCUT2D eigenvalue weighted by atomic mass is 16.4. The lowest BCUT2D eigenvalue weighted by atomic mass is 9.89. The monoisotopic (exact) mass is 337 g/mol. The number of aliphatic hydroxyl groups excluding tert-OH is 1. The molecule has 0 saturated carbocycles. The molecule has 1 unspecified atom stereocenters. The normalized spacial score (nSPS) is 13.1. The zero-order valence-electron chi connectivity index (χ0n) is 15.4. The van der Waals surface area contributed by atoms with Crippen LogP contribution < -0.4 is 5.73 Å². The Kier molecular flexibility index (Phi) is 4.98. The SMILES string of the molecule is CC(C)c1cc(C(C)C)c2oc(C(O)c3ccccc3)cc2c1CN. The van der Waals surface area contributed by atoms with Crippen LogP contribution in [0, 0.1) is 0 Å². The molecule has 25 heavy (non-hydrogen) atoms. The Labute approximate surface area is 149 Å². The zero-order valence-corrected chi connectivity index (χ0v) is 15.4. The third kappa shape index (κ3) is 3.22. The summed E-state index contributed by atoms with van der Waals surface area (Å²) in [7, 11) is 0. The predicted octanol–water partition coefficient (Wildman–Crippen LogP) is 5.22. The molecule has 0 radical (unpaired) electrons. The van der Waals surface area contributed by atoms with Crippen LogP contribution in [0.3, 0.4) is 0 Å². The first-order chi connectivity index (χ1) is 11.9. The van der Waals surface area contributed by atoms with Crippen LogP contribution in [0.1, 0.15) is 73.6 Å². The van der Waals surface area contributed by atoms with Crippen LogP contribution in [-0.4, -0.2) is 5.11 Å². The van der Waals surface area contributed by atoms with Crippen molar-refractivity contribution in [3.8, 4) is 0 Å². The summed E-state index contributed by atoms with van der Waals surface area (Å²) in [5.41, 5.74) is 11.3. The molecule has 3 nitrogen and oxygen atoms in total. The van der Waals surface area contributed by atoms with Crippen molar-refractivity contribution in [2.75, 3.05) is 0 Å². The van der Waals surface area contributed by atoms with Crippen LogP contribution >= 0.6 is 0 Å². The van der Waals surface area contributed by atoms with E-state index in [1.165, 1.54) is 11.1 Å². The first kappa shape index (κ1) is 17.7. The number of fused-ring (bicyclic) bond motifs is 1. The maximum Gasteiger partial charge on any atom is 0.138 e. The Morgan fingerprint density at radius 3 is 2.16 bits per heavy atom. The van der Waals surface area contributed by atoms with E-state index in [0.29, 0.717) is 24.1 Å². The molecule has 0 aliphatic heterocycles. The number of hydrogen-bond donors (Lipinski definition) is 2. The number of aliphatic hydroxyl groups is 1. The van der Waals surface area contributed by atoms with Gasteiger partial charge in [-0.2, -0.15) is 0 Å². The molecule has 3 heteroatoms. The minimum absolute atomic E-state index is 0.333. The number of benzene rings is 2. The standard InChI is InChI=1S/C22H27NO2/c1-13(2)16-10-17(14(3)4)22-18(19(16)12-23)11-20(25-22)21(24)15-8-6-5-7-9-15/h5-11,13-14,21,24H,12,23H2,1-4H3. The molecule has 0 fully saturated rings. The molecular weight excluding hydrogens is 310 g/mol. The van der Waals surface area contributed by atoms with Crippen molar-refractivity contribution in [2.45, 2.75) is 52.2 Å². The fourth-order valence-corrected chi connectivity index (χ4v) is 3.43. The average molecular weight is 337 g/mol. The summed E-state index contributed by atoms with van der Waals surface area (Å²) >= 11 is 0. The van der Waals surface area contributed by atoms with Crippen molar-refractivity contribution in [2.24, 2.45) is 5.73 Å². The van der Waals surface area contributed by atoms with Gasteiger partial charge >= 0.3 is 0 Å². The Bertz CT molecular complexity index is 863. The van der Waals surface area contributed by atoms with Gasteiger partial charge in [0, 0.05) is 11.9 Å². The fourth-order valence-electron chi connectivity index (χ4n) is 3.43. The largest absolute Gasteiger partial charge is 0.458 e. The van der Waals surface area contributed by atoms with Crippen molar-refractivity contribution in [1.29, 1.82) is 0 Å². The van der Waals surface area contributed by atoms with E-state index in [1.807, 2.05) is 36.4 Å². The molecule has 2 aromatic carbocycles. The zero-order chi connectivity index (χ0) is 18.1. The lowest BCUT2D eigenvalue weighted by Crippen LogP contribution is -2.05. The van der Waals surface area contributed by atoms with E-state index in [-0.39, 0.29) is 0 Å². The lowest BCUT2D eigenvalue weighted by molar-refractivity contribution is 0.192. The first-order valence-corrected chi connectivity index (χ1v) is 8.96. The predicted molar refractivity (Wildman–Crippen MR) is 103 cm³/mol. The van der Waals surface area contributed by atoms with Gasteiger partial charge in [-0.05, 0) is 40.2 Å². The van der Waals surface area contributed by atoms with Gasteiger partial charge < -0.3 is 15.3 Å². The summed E-state index contributed by atoms with van der Waals surface area (Å²) in [4.78, 5) is 0. The van der Waals surface area contributed by atoms with Crippen LogP contribution in [-0.2, 0) is 6.54 Å². The molecule has 1 atom stereocenters. The molecule has 0 amide bonds. The minimum atomic E-state index is -0.776. The molecule has 3 aromatic rings. The molecule has 0 bridgehead atoms. The second-order valence-corrected chi connectivity index (χ2v) is 7.25. The second kappa shape index (κ2) is 7.03. The molecule has 132 valence electrons. The van der Waals surface area contributed by atoms with Gasteiger partial charge in [0.05, 0.1) is 0 Å². The average Bonchev–Trinajstić information content (AvgIpc) is 3.04. The third-order valence-electron chi connectivity index (χ3n) is 4.83. The van der Waals surface area contributed by atoms with Gasteiger partial charge in [-0.1, -0.05) is 64.1 Å². The van der Waals surface area contributed by atoms with Crippen LogP contribution in [0.15, 0.2) is 46.9 Å². The van der Waals surface area contributed by atoms with Gasteiger partial charge in [-0.15, -0.1) is 0 Å². The molecule has 0 aliphatic carbocycles. The van der Waals surface area contributed by atoms with Crippen molar-refractivity contribution in [3.63, 3.8) is 0 Å². The van der Waals surface area contributed by atoms with Gasteiger partial charge in [0.2, 0.25) is 0 Å². The van der Waals surface area contributed by atoms with Gasteiger partial charge in [0.1, 0.15) is 17.4 Å². The topological polar surface area (TPSA) is 59.4 Å². The summed E-state index contributed by atoms with van der Waals surface area (Å²) in [5.74, 6) is 1.29. The molecule has 0 saturated heterocycles. The van der Waals surface area contributed by atoms with Gasteiger partial charge in [-0.3, -0.25) is 0 Å². The number of hydrogen-bond acceptors (Lipinski definition) is 3. The number of nitrogens with two attached hydrogens (primary N) is 1. The number of rotatable bonds is 5. The van der Waals surface area contributed by atoms with Crippen molar-refractivity contribution < 1.29 is 9.52 Å². The Morgan fingerprint density at radius 1 is 0.960 bits per heavy atom. The maximum absolute atomic E-state index is 10.7. The van der Waals surface area contributed by atoms with Crippen LogP contribution in [0.5, 0.6) is 0 Å². The third-order valence-corrected chi connectivity index (χ3v) is 4.83. The summed E-state index contributed by atoms with van der Waals surface area (Å²) in [6.45, 7) is 9.16. The quantitative estimate of drug-likeness (QED) is 0.671. The highest BCUT2D eigenvalue weighted by Crippen LogP contribution is 2.38. The smallest absolute Gasteiger partial charge is 0.138 e. The van der Waals surface area contributed by atoms with Crippen LogP contribution in [0.2, 0.25) is 0 Å². The van der Waals surface area contributed by atoms with E-state index in [0.717, 1.165) is 22.1 Å². The highest BCUT2D eigenvalue weighted by Gasteiger charge is 2.22.